The molecule has 5 rings (SSSR count). The van der Waals surface area contributed by atoms with Crippen molar-refractivity contribution in [3.8, 4) is 5.88 Å². The second-order valence-corrected chi connectivity index (χ2v) is 8.59. The number of hydrogen-bond acceptors (Lipinski definition) is 8. The van der Waals surface area contributed by atoms with Gasteiger partial charge in [-0.3, -0.25) is 14.0 Å². The lowest BCUT2D eigenvalue weighted by molar-refractivity contribution is -0.117. The number of nitrogens with one attached hydrogen (secondary N) is 2. The van der Waals surface area contributed by atoms with Crippen LogP contribution in [-0.2, 0) is 11.8 Å². The molecule has 1 aliphatic heterocycles. The number of carbonyl (C=O) groups is 1. The molecule has 11 nitrogen and oxygen atoms in total. The summed E-state index contributed by atoms with van der Waals surface area (Å²) in [6.45, 7) is 5.86. The molecule has 3 aromatic heterocycles. The van der Waals surface area contributed by atoms with Gasteiger partial charge in [-0.15, -0.1) is 5.10 Å². The Balaban J connectivity index is 1.55. The molecule has 0 saturated carbocycles. The molecule has 3 aromatic rings. The summed E-state index contributed by atoms with van der Waals surface area (Å²) in [6.07, 6.45) is 6.44. The summed E-state index contributed by atoms with van der Waals surface area (Å²) in [6, 6.07) is -0.681. The van der Waals surface area contributed by atoms with Crippen molar-refractivity contribution in [2.45, 2.75) is 25.6 Å². The van der Waals surface area contributed by atoms with Gasteiger partial charge in [0, 0.05) is 19.3 Å². The van der Waals surface area contributed by atoms with E-state index in [9.17, 15) is 9.18 Å². The Morgan fingerprint density at radius 3 is 2.85 bits per heavy atom. The van der Waals surface area contributed by atoms with E-state index in [1.54, 1.807) is 29.2 Å². The minimum atomic E-state index is -1.27. The third-order valence-electron chi connectivity index (χ3n) is 5.99. The summed E-state index contributed by atoms with van der Waals surface area (Å²) >= 11 is 0. The van der Waals surface area contributed by atoms with Crippen LogP contribution in [0.4, 0.5) is 21.8 Å². The van der Waals surface area contributed by atoms with E-state index in [0.717, 1.165) is 18.2 Å². The maximum Gasteiger partial charge on any atom is 0.256 e. The van der Waals surface area contributed by atoms with Crippen molar-refractivity contribution >= 4 is 40.2 Å². The predicted octanol–water partition coefficient (Wildman–Crippen LogP) is 2.02. The fraction of sp³-hybridized carbons (Fsp3) is 0.409. The highest BCUT2D eigenvalue weighted by Gasteiger charge is 2.35. The molecule has 4 heterocycles. The summed E-state index contributed by atoms with van der Waals surface area (Å²) in [5.74, 6) is 1.27. The Bertz CT molecular complexity index is 1300. The number of imidazole rings is 1. The fourth-order valence-electron chi connectivity index (χ4n) is 4.27. The molecule has 1 amide bonds. The average Bonchev–Trinajstić information content (AvgIpc) is 3.48. The van der Waals surface area contributed by atoms with Crippen molar-refractivity contribution in [2.75, 3.05) is 30.4 Å². The largest absolute Gasteiger partial charge is 0.478 e. The Labute approximate surface area is 195 Å². The smallest absolute Gasteiger partial charge is 0.256 e. The van der Waals surface area contributed by atoms with Crippen molar-refractivity contribution in [3.63, 3.8) is 0 Å². The van der Waals surface area contributed by atoms with Gasteiger partial charge in [0.05, 0.1) is 25.9 Å². The lowest BCUT2D eigenvalue weighted by Gasteiger charge is -2.23. The van der Waals surface area contributed by atoms with E-state index in [1.165, 1.54) is 7.11 Å². The lowest BCUT2D eigenvalue weighted by atomic mass is 9.93. The highest BCUT2D eigenvalue weighted by molar-refractivity contribution is 5.89. The van der Waals surface area contributed by atoms with Crippen LogP contribution in [0.1, 0.15) is 13.3 Å². The number of amides is 1. The van der Waals surface area contributed by atoms with Gasteiger partial charge in [-0.05, 0) is 18.4 Å². The number of aromatic nitrogens is 6. The van der Waals surface area contributed by atoms with E-state index in [2.05, 4.69) is 45.3 Å². The van der Waals surface area contributed by atoms with Gasteiger partial charge in [-0.1, -0.05) is 19.6 Å². The SMILES string of the molecule is C=CC(=O)NC1CN(c2nc(Nc3cn(C)nc3OC)c3ncn(C4=CC(C)C4)c3n2)CC1F. The number of rotatable bonds is 7. The number of aryl methyl sites for hydroxylation is 1. The number of ether oxygens (including phenoxy) is 1. The molecule has 3 atom stereocenters. The lowest BCUT2D eigenvalue weighted by Crippen LogP contribution is -2.40. The molecule has 2 N–H and O–H groups in total. The molecule has 178 valence electrons. The first kappa shape index (κ1) is 21.9. The summed E-state index contributed by atoms with van der Waals surface area (Å²) in [7, 11) is 3.33. The number of carbonyl (C=O) groups excluding carboxylic acids is 1. The van der Waals surface area contributed by atoms with E-state index in [-0.39, 0.29) is 13.1 Å². The molecule has 1 fully saturated rings. The molecule has 34 heavy (non-hydrogen) atoms. The van der Waals surface area contributed by atoms with Crippen LogP contribution in [0.15, 0.2) is 31.3 Å². The Morgan fingerprint density at radius 2 is 2.15 bits per heavy atom. The quantitative estimate of drug-likeness (QED) is 0.507. The number of nitrogens with zero attached hydrogens (tertiary/aromatic N) is 7. The van der Waals surface area contributed by atoms with E-state index >= 15 is 0 Å². The highest BCUT2D eigenvalue weighted by atomic mass is 19.1. The van der Waals surface area contributed by atoms with Gasteiger partial charge in [0.15, 0.2) is 17.0 Å². The number of halogens is 1. The molecule has 2 aliphatic rings. The van der Waals surface area contributed by atoms with Crippen LogP contribution < -0.4 is 20.3 Å². The topological polar surface area (TPSA) is 115 Å². The average molecular weight is 468 g/mol. The zero-order valence-corrected chi connectivity index (χ0v) is 19.2. The normalized spacial score (nSPS) is 21.8. The van der Waals surface area contributed by atoms with Crippen molar-refractivity contribution in [1.82, 2.24) is 34.6 Å². The van der Waals surface area contributed by atoms with Crippen molar-refractivity contribution < 1.29 is 13.9 Å². The maximum absolute atomic E-state index is 14.7. The summed E-state index contributed by atoms with van der Waals surface area (Å²) in [5, 5.41) is 10.2. The Morgan fingerprint density at radius 1 is 1.35 bits per heavy atom. The third kappa shape index (κ3) is 3.84. The highest BCUT2D eigenvalue weighted by Crippen LogP contribution is 2.35. The molecule has 1 aliphatic carbocycles. The summed E-state index contributed by atoms with van der Waals surface area (Å²) in [4.78, 5) is 27.4. The van der Waals surface area contributed by atoms with Gasteiger partial charge in [-0.2, -0.15) is 9.97 Å². The van der Waals surface area contributed by atoms with E-state index in [0.29, 0.717) is 40.4 Å². The molecule has 0 aromatic carbocycles. The van der Waals surface area contributed by atoms with Crippen LogP contribution in [0.3, 0.4) is 0 Å². The number of hydrogen-bond donors (Lipinski definition) is 2. The molecule has 0 spiro atoms. The first-order valence-corrected chi connectivity index (χ1v) is 11.0. The molecular weight excluding hydrogens is 441 g/mol. The summed E-state index contributed by atoms with van der Waals surface area (Å²) in [5.41, 5.74) is 2.90. The van der Waals surface area contributed by atoms with Crippen molar-refractivity contribution in [1.29, 1.82) is 0 Å². The number of alkyl halides is 1. The molecular formula is C22H26FN9O2. The zero-order valence-electron chi connectivity index (χ0n) is 19.2. The van der Waals surface area contributed by atoms with Crippen molar-refractivity contribution in [3.05, 3.63) is 31.3 Å². The van der Waals surface area contributed by atoms with Crippen LogP contribution >= 0.6 is 0 Å². The molecule has 12 heteroatoms. The van der Waals surface area contributed by atoms with Gasteiger partial charge in [-0.25, -0.2) is 9.37 Å². The van der Waals surface area contributed by atoms with Crippen molar-refractivity contribution in [2.24, 2.45) is 13.0 Å². The van der Waals surface area contributed by atoms with E-state index in [4.69, 9.17) is 9.72 Å². The van der Waals surface area contributed by atoms with Gasteiger partial charge >= 0.3 is 0 Å². The second kappa shape index (κ2) is 8.43. The number of fused-ring (bicyclic) bond motifs is 1. The molecule has 0 bridgehead atoms. The molecule has 1 saturated heterocycles. The minimum Gasteiger partial charge on any atom is -0.478 e. The fourth-order valence-corrected chi connectivity index (χ4v) is 4.27. The maximum atomic E-state index is 14.7. The third-order valence-corrected chi connectivity index (χ3v) is 5.99. The molecule has 3 unspecified atom stereocenters. The number of allylic oxidation sites excluding steroid dienone is 2. The van der Waals surface area contributed by atoms with E-state index < -0.39 is 18.1 Å². The van der Waals surface area contributed by atoms with Gasteiger partial charge in [0.2, 0.25) is 11.9 Å². The van der Waals surface area contributed by atoms with Crippen LogP contribution in [0.5, 0.6) is 5.88 Å². The molecule has 0 radical (unpaired) electrons. The van der Waals surface area contributed by atoms with Crippen LogP contribution in [0.25, 0.3) is 16.9 Å². The van der Waals surface area contributed by atoms with Crippen LogP contribution in [-0.4, -0.2) is 67.6 Å². The van der Waals surface area contributed by atoms with Gasteiger partial charge in [0.1, 0.15) is 18.2 Å². The van der Waals surface area contributed by atoms with Gasteiger partial charge in [0.25, 0.3) is 5.88 Å². The first-order chi connectivity index (χ1) is 16.4. The predicted molar refractivity (Wildman–Crippen MR) is 126 cm³/mol. The number of anilines is 3. The minimum absolute atomic E-state index is 0.0527. The zero-order chi connectivity index (χ0) is 24.0. The van der Waals surface area contributed by atoms with E-state index in [1.807, 2.05) is 4.57 Å². The van der Waals surface area contributed by atoms with Gasteiger partial charge < -0.3 is 20.3 Å². The summed E-state index contributed by atoms with van der Waals surface area (Å²) < 4.78 is 23.6. The Kier molecular flexibility index (Phi) is 5.42. The standard InChI is InChI=1S/C22H26FN9O2/c1-5-17(33)25-15-10-31(8-14(15)23)22-27-19(26-16-9-30(3)29-21(16)34-4)18-20(28-22)32(11-24-18)13-6-12(2)7-13/h5-6,9,11-12,14-15H,1,7-8,10H2,2-4H3,(H,25,33)(H,26,27,28). The number of methoxy groups -OCH3 is 1. The monoisotopic (exact) mass is 467 g/mol. The first-order valence-electron chi connectivity index (χ1n) is 11.0. The van der Waals surface area contributed by atoms with Crippen LogP contribution in [0, 0.1) is 5.92 Å². The second-order valence-electron chi connectivity index (χ2n) is 8.59. The Hall–Kier alpha value is -3.96. The van der Waals surface area contributed by atoms with Crippen LogP contribution in [0.2, 0.25) is 0 Å².